The molecule has 0 radical (unpaired) electrons. The number of esters is 2. The van der Waals surface area contributed by atoms with Crippen molar-refractivity contribution in [2.75, 3.05) is 55.9 Å². The molecule has 0 atom stereocenters. The first kappa shape index (κ1) is 43.2. The molecule has 0 amide bonds. The molecule has 4 aromatic heterocycles. The van der Waals surface area contributed by atoms with Crippen molar-refractivity contribution >= 4 is 55.6 Å². The number of nitrogens with zero attached hydrogens (tertiary/aromatic N) is 4. The SMILES string of the molecule is COc1cc(-c2nc(C(=O)OCCCCCCOC(=O)c3cc4c5ccccc5n(C)c4c(-c4cc(OC)c(OC)c(OC)c4)n3)cc3c4ccccc4n(C)c23)cc(OC)c1OC. The summed E-state index contributed by atoms with van der Waals surface area (Å²) in [6.45, 7) is 0.401. The minimum absolute atomic E-state index is 0.184. The highest BCUT2D eigenvalue weighted by molar-refractivity contribution is 6.15. The number of benzene rings is 4. The van der Waals surface area contributed by atoms with Crippen molar-refractivity contribution in [3.8, 4) is 57.0 Å². The van der Waals surface area contributed by atoms with Crippen molar-refractivity contribution in [1.29, 1.82) is 0 Å². The maximum absolute atomic E-state index is 13.6. The molecule has 330 valence electrons. The van der Waals surface area contributed by atoms with Gasteiger partial charge in [-0.3, -0.25) is 0 Å². The van der Waals surface area contributed by atoms with E-state index in [2.05, 4.69) is 9.13 Å². The number of fused-ring (bicyclic) bond motifs is 6. The number of methoxy groups -OCH3 is 6. The van der Waals surface area contributed by atoms with Gasteiger partial charge in [-0.25, -0.2) is 19.6 Å². The van der Waals surface area contributed by atoms with Crippen molar-refractivity contribution in [2.24, 2.45) is 14.1 Å². The van der Waals surface area contributed by atoms with E-state index in [-0.39, 0.29) is 24.6 Å². The number of aryl methyl sites for hydroxylation is 2. The van der Waals surface area contributed by atoms with Gasteiger partial charge in [-0.2, -0.15) is 0 Å². The smallest absolute Gasteiger partial charge is 0.356 e. The van der Waals surface area contributed by atoms with Crippen LogP contribution in [0.2, 0.25) is 0 Å². The Bertz CT molecular complexity index is 2810. The first-order valence-electron chi connectivity index (χ1n) is 20.9. The van der Waals surface area contributed by atoms with Crippen molar-refractivity contribution in [3.63, 3.8) is 0 Å². The Kier molecular flexibility index (Phi) is 12.5. The van der Waals surface area contributed by atoms with Gasteiger partial charge in [-0.05, 0) is 74.2 Å². The molecule has 0 aliphatic carbocycles. The summed E-state index contributed by atoms with van der Waals surface area (Å²) in [7, 11) is 13.3. The number of hydrogen-bond donors (Lipinski definition) is 0. The average Bonchev–Trinajstić information content (AvgIpc) is 3.79. The third kappa shape index (κ3) is 7.80. The summed E-state index contributed by atoms with van der Waals surface area (Å²) in [5, 5.41) is 3.69. The second-order valence-corrected chi connectivity index (χ2v) is 15.2. The van der Waals surface area contributed by atoms with Crippen LogP contribution in [0.1, 0.15) is 46.7 Å². The van der Waals surface area contributed by atoms with Crippen molar-refractivity contribution in [1.82, 2.24) is 19.1 Å². The first-order valence-corrected chi connectivity index (χ1v) is 20.9. The minimum atomic E-state index is -0.529. The third-order valence-corrected chi connectivity index (χ3v) is 11.6. The largest absolute Gasteiger partial charge is 0.493 e. The maximum atomic E-state index is 13.6. The van der Waals surface area contributed by atoms with Gasteiger partial charge in [0.15, 0.2) is 23.0 Å². The Balaban J connectivity index is 0.938. The normalized spacial score (nSPS) is 11.3. The predicted octanol–water partition coefficient (Wildman–Crippen LogP) is 9.73. The molecule has 0 unspecified atom stereocenters. The van der Waals surface area contributed by atoms with Gasteiger partial charge in [0.1, 0.15) is 11.4 Å². The van der Waals surface area contributed by atoms with Crippen LogP contribution in [0.15, 0.2) is 84.9 Å². The standard InChI is InChI=1S/C50H50N4O10/c1-53-37-19-13-11-17-31(37)33-27-35(51-43(45(33)53)29-23-39(57-3)47(61-7)40(24-29)58-4)49(55)63-21-15-9-10-16-22-64-50(56)36-28-34-32-18-12-14-20-38(32)54(2)46(34)44(52-36)30-25-41(59-5)48(62-8)42(26-30)60-6/h11-14,17-20,23-28H,9-10,15-16,21-22H2,1-8H3. The number of ether oxygens (including phenoxy) is 8. The van der Waals surface area contributed by atoms with Crippen molar-refractivity contribution in [2.45, 2.75) is 25.7 Å². The second-order valence-electron chi connectivity index (χ2n) is 15.2. The number of unbranched alkanes of at least 4 members (excludes halogenated alkanes) is 3. The number of carbonyl (C=O) groups excluding carboxylic acids is 2. The molecule has 0 spiro atoms. The summed E-state index contributed by atoms with van der Waals surface area (Å²) in [6.07, 6.45) is 2.74. The van der Waals surface area contributed by atoms with E-state index >= 15 is 0 Å². The molecule has 0 saturated carbocycles. The number of rotatable bonds is 17. The topological polar surface area (TPSA) is 144 Å². The van der Waals surface area contributed by atoms with Crippen LogP contribution in [0.3, 0.4) is 0 Å². The summed E-state index contributed by atoms with van der Waals surface area (Å²) >= 11 is 0. The van der Waals surface area contributed by atoms with Crippen LogP contribution in [-0.2, 0) is 23.6 Å². The highest BCUT2D eigenvalue weighted by Gasteiger charge is 2.25. The lowest BCUT2D eigenvalue weighted by Crippen LogP contribution is -2.10. The van der Waals surface area contributed by atoms with E-state index in [0.29, 0.717) is 69.9 Å². The zero-order chi connectivity index (χ0) is 45.1. The van der Waals surface area contributed by atoms with E-state index in [4.69, 9.17) is 47.9 Å². The van der Waals surface area contributed by atoms with Crippen molar-refractivity contribution in [3.05, 3.63) is 96.3 Å². The highest BCUT2D eigenvalue weighted by Crippen LogP contribution is 2.45. The predicted molar refractivity (Wildman–Crippen MR) is 246 cm³/mol. The Labute approximate surface area is 370 Å². The lowest BCUT2D eigenvalue weighted by molar-refractivity contribution is 0.0467. The van der Waals surface area contributed by atoms with E-state index in [9.17, 15) is 9.59 Å². The lowest BCUT2D eigenvalue weighted by atomic mass is 10.0. The molecular formula is C50H50N4O10. The zero-order valence-corrected chi connectivity index (χ0v) is 37.2. The Hall–Kier alpha value is -7.48. The first-order chi connectivity index (χ1) is 31.1. The van der Waals surface area contributed by atoms with Crippen LogP contribution >= 0.6 is 0 Å². The van der Waals surface area contributed by atoms with Gasteiger partial charge < -0.3 is 47.0 Å². The average molecular weight is 867 g/mol. The van der Waals surface area contributed by atoms with Crippen LogP contribution in [0, 0.1) is 0 Å². The van der Waals surface area contributed by atoms with Gasteiger partial charge in [-0.15, -0.1) is 0 Å². The van der Waals surface area contributed by atoms with Gasteiger partial charge in [0.05, 0.1) is 78.3 Å². The van der Waals surface area contributed by atoms with Gasteiger partial charge in [0.2, 0.25) is 11.5 Å². The number of aromatic nitrogens is 4. The van der Waals surface area contributed by atoms with Crippen LogP contribution < -0.4 is 28.4 Å². The summed E-state index contributed by atoms with van der Waals surface area (Å²) in [6, 6.07) is 26.9. The van der Waals surface area contributed by atoms with Gasteiger partial charge in [-0.1, -0.05) is 36.4 Å². The molecule has 4 aromatic carbocycles. The van der Waals surface area contributed by atoms with Crippen LogP contribution in [-0.4, -0.2) is 86.9 Å². The molecule has 14 heteroatoms. The molecule has 0 saturated heterocycles. The molecule has 0 bridgehead atoms. The Morgan fingerprint density at radius 1 is 0.469 bits per heavy atom. The fourth-order valence-corrected chi connectivity index (χ4v) is 8.48. The number of para-hydroxylation sites is 2. The lowest BCUT2D eigenvalue weighted by Gasteiger charge is -2.15. The number of pyridine rings is 2. The molecular weight excluding hydrogens is 817 g/mol. The fourth-order valence-electron chi connectivity index (χ4n) is 8.48. The summed E-state index contributed by atoms with van der Waals surface area (Å²) in [5.74, 6) is 1.72. The molecule has 4 heterocycles. The highest BCUT2D eigenvalue weighted by atomic mass is 16.5. The zero-order valence-electron chi connectivity index (χ0n) is 37.2. The van der Waals surface area contributed by atoms with Crippen LogP contribution in [0.25, 0.3) is 66.1 Å². The van der Waals surface area contributed by atoms with Gasteiger partial charge in [0.25, 0.3) is 0 Å². The third-order valence-electron chi connectivity index (χ3n) is 11.6. The minimum Gasteiger partial charge on any atom is -0.493 e. The molecule has 8 aromatic rings. The molecule has 64 heavy (non-hydrogen) atoms. The maximum Gasteiger partial charge on any atom is 0.356 e. The molecule has 14 nitrogen and oxygen atoms in total. The number of carbonyl (C=O) groups is 2. The summed E-state index contributed by atoms with van der Waals surface area (Å²) in [4.78, 5) is 37.0. The molecule has 8 rings (SSSR count). The van der Waals surface area contributed by atoms with E-state index in [1.807, 2.05) is 86.9 Å². The Morgan fingerprint density at radius 2 is 0.828 bits per heavy atom. The quantitative estimate of drug-likeness (QED) is 0.0635. The molecule has 0 fully saturated rings. The molecule has 0 N–H and O–H groups in total. The van der Waals surface area contributed by atoms with Gasteiger partial charge >= 0.3 is 11.9 Å². The Morgan fingerprint density at radius 3 is 1.17 bits per heavy atom. The van der Waals surface area contributed by atoms with Gasteiger partial charge in [0, 0.05) is 57.8 Å². The fraction of sp³-hybridized carbons (Fsp3) is 0.280. The van der Waals surface area contributed by atoms with E-state index in [0.717, 1.165) is 56.5 Å². The molecule has 0 aliphatic rings. The second kappa shape index (κ2) is 18.5. The number of hydrogen-bond acceptors (Lipinski definition) is 12. The monoisotopic (exact) mass is 866 g/mol. The van der Waals surface area contributed by atoms with E-state index in [1.54, 1.807) is 54.8 Å². The van der Waals surface area contributed by atoms with Crippen molar-refractivity contribution < 1.29 is 47.5 Å². The van der Waals surface area contributed by atoms with Crippen LogP contribution in [0.4, 0.5) is 0 Å². The summed E-state index contributed by atoms with van der Waals surface area (Å²) < 4.78 is 49.4. The van der Waals surface area contributed by atoms with E-state index in [1.165, 1.54) is 0 Å². The van der Waals surface area contributed by atoms with Crippen LogP contribution in [0.5, 0.6) is 34.5 Å². The van der Waals surface area contributed by atoms with E-state index < -0.39 is 11.9 Å². The summed E-state index contributed by atoms with van der Waals surface area (Å²) in [5.41, 5.74) is 6.55. The molecule has 0 aliphatic heterocycles.